The second-order valence-corrected chi connectivity index (χ2v) is 4.35. The van der Waals surface area contributed by atoms with Crippen molar-refractivity contribution in [2.24, 2.45) is 11.7 Å². The smallest absolute Gasteiger partial charge is 0.0680 e. The van der Waals surface area contributed by atoms with Crippen LogP contribution in [0.3, 0.4) is 0 Å². The zero-order valence-corrected chi connectivity index (χ0v) is 9.08. The summed E-state index contributed by atoms with van der Waals surface area (Å²) >= 11 is 0. The third kappa shape index (κ3) is 1.53. The molecule has 1 heterocycles. The van der Waals surface area contributed by atoms with Crippen LogP contribution in [0.15, 0.2) is 42.7 Å². The SMILES string of the molecule is NCC1CC1c1ccccc1-n1cccn1. The van der Waals surface area contributed by atoms with Gasteiger partial charge in [-0.15, -0.1) is 0 Å². The average Bonchev–Trinajstić information content (AvgIpc) is 2.93. The summed E-state index contributed by atoms with van der Waals surface area (Å²) in [5.41, 5.74) is 8.27. The van der Waals surface area contributed by atoms with E-state index in [4.69, 9.17) is 5.73 Å². The van der Waals surface area contributed by atoms with Crippen molar-refractivity contribution in [3.8, 4) is 5.69 Å². The average molecular weight is 213 g/mol. The lowest BCUT2D eigenvalue weighted by atomic mass is 10.1. The van der Waals surface area contributed by atoms with Gasteiger partial charge in [0.05, 0.1) is 5.69 Å². The molecule has 1 aromatic carbocycles. The molecule has 82 valence electrons. The molecule has 1 saturated carbocycles. The van der Waals surface area contributed by atoms with Gasteiger partial charge in [-0.05, 0) is 42.5 Å². The second-order valence-electron chi connectivity index (χ2n) is 4.35. The molecule has 1 aromatic heterocycles. The van der Waals surface area contributed by atoms with Crippen molar-refractivity contribution in [2.45, 2.75) is 12.3 Å². The van der Waals surface area contributed by atoms with Crippen LogP contribution < -0.4 is 5.73 Å². The molecule has 1 fully saturated rings. The van der Waals surface area contributed by atoms with Gasteiger partial charge in [-0.3, -0.25) is 0 Å². The van der Waals surface area contributed by atoms with Crippen molar-refractivity contribution >= 4 is 0 Å². The third-order valence-electron chi connectivity index (χ3n) is 3.31. The van der Waals surface area contributed by atoms with Crippen LogP contribution in [0, 0.1) is 5.92 Å². The minimum absolute atomic E-state index is 0.630. The van der Waals surface area contributed by atoms with Gasteiger partial charge in [-0.1, -0.05) is 18.2 Å². The maximum absolute atomic E-state index is 5.71. The largest absolute Gasteiger partial charge is 0.330 e. The molecule has 3 heteroatoms. The zero-order chi connectivity index (χ0) is 11.0. The molecule has 3 nitrogen and oxygen atoms in total. The van der Waals surface area contributed by atoms with Crippen LogP contribution in [0.4, 0.5) is 0 Å². The summed E-state index contributed by atoms with van der Waals surface area (Å²) in [5.74, 6) is 1.29. The Morgan fingerprint density at radius 1 is 1.31 bits per heavy atom. The van der Waals surface area contributed by atoms with E-state index in [0.29, 0.717) is 11.8 Å². The van der Waals surface area contributed by atoms with Crippen molar-refractivity contribution in [1.82, 2.24) is 9.78 Å². The van der Waals surface area contributed by atoms with Crippen molar-refractivity contribution < 1.29 is 0 Å². The van der Waals surface area contributed by atoms with Gasteiger partial charge in [0, 0.05) is 12.4 Å². The highest BCUT2D eigenvalue weighted by atomic mass is 15.3. The molecule has 1 aliphatic rings. The molecule has 2 atom stereocenters. The summed E-state index contributed by atoms with van der Waals surface area (Å²) in [6, 6.07) is 10.4. The maximum atomic E-state index is 5.71. The van der Waals surface area contributed by atoms with Crippen molar-refractivity contribution in [2.75, 3.05) is 6.54 Å². The van der Waals surface area contributed by atoms with E-state index >= 15 is 0 Å². The Hall–Kier alpha value is -1.61. The highest BCUT2D eigenvalue weighted by Gasteiger charge is 2.38. The monoisotopic (exact) mass is 213 g/mol. The van der Waals surface area contributed by atoms with E-state index in [1.165, 1.54) is 17.7 Å². The topological polar surface area (TPSA) is 43.8 Å². The Morgan fingerprint density at radius 2 is 2.19 bits per heavy atom. The number of hydrogen-bond donors (Lipinski definition) is 1. The first-order valence-corrected chi connectivity index (χ1v) is 5.69. The number of nitrogens with zero attached hydrogens (tertiary/aromatic N) is 2. The number of para-hydroxylation sites is 1. The van der Waals surface area contributed by atoms with Crippen LogP contribution in [0.1, 0.15) is 17.9 Å². The van der Waals surface area contributed by atoms with Gasteiger partial charge < -0.3 is 5.73 Å². The van der Waals surface area contributed by atoms with E-state index < -0.39 is 0 Å². The van der Waals surface area contributed by atoms with Crippen LogP contribution in [-0.2, 0) is 0 Å². The summed E-state index contributed by atoms with van der Waals surface area (Å²) in [4.78, 5) is 0. The fourth-order valence-electron chi connectivity index (χ4n) is 2.31. The normalized spacial score (nSPS) is 23.3. The molecular formula is C13H15N3. The van der Waals surface area contributed by atoms with E-state index in [2.05, 4.69) is 29.4 Å². The fraction of sp³-hybridized carbons (Fsp3) is 0.308. The van der Waals surface area contributed by atoms with Gasteiger partial charge in [0.2, 0.25) is 0 Å². The van der Waals surface area contributed by atoms with E-state index in [1.807, 2.05) is 23.1 Å². The van der Waals surface area contributed by atoms with Crippen LogP contribution in [0.25, 0.3) is 5.69 Å². The first-order chi connectivity index (χ1) is 7.90. The number of hydrogen-bond acceptors (Lipinski definition) is 2. The first kappa shape index (κ1) is 9.60. The summed E-state index contributed by atoms with van der Waals surface area (Å²) < 4.78 is 1.93. The predicted octanol–water partition coefficient (Wildman–Crippen LogP) is 1.93. The first-order valence-electron chi connectivity index (χ1n) is 5.69. The standard InChI is InChI=1S/C13H15N3/c14-9-10-8-12(10)11-4-1-2-5-13(11)16-7-3-6-15-16/h1-7,10,12H,8-9,14H2. The van der Waals surface area contributed by atoms with Gasteiger partial charge in [-0.25, -0.2) is 4.68 Å². The van der Waals surface area contributed by atoms with E-state index in [1.54, 1.807) is 0 Å². The van der Waals surface area contributed by atoms with Crippen LogP contribution >= 0.6 is 0 Å². The molecule has 1 aliphatic carbocycles. The lowest BCUT2D eigenvalue weighted by Gasteiger charge is -2.08. The molecule has 2 unspecified atom stereocenters. The van der Waals surface area contributed by atoms with Gasteiger partial charge in [-0.2, -0.15) is 5.10 Å². The Labute approximate surface area is 94.9 Å². The molecule has 0 radical (unpaired) electrons. The third-order valence-corrected chi connectivity index (χ3v) is 3.31. The number of benzene rings is 1. The van der Waals surface area contributed by atoms with Crippen LogP contribution in [0.2, 0.25) is 0 Å². The van der Waals surface area contributed by atoms with E-state index in [-0.39, 0.29) is 0 Å². The fourth-order valence-corrected chi connectivity index (χ4v) is 2.31. The molecule has 0 amide bonds. The minimum atomic E-state index is 0.630. The van der Waals surface area contributed by atoms with Crippen LogP contribution in [0.5, 0.6) is 0 Å². The molecule has 0 aliphatic heterocycles. The van der Waals surface area contributed by atoms with Crippen LogP contribution in [-0.4, -0.2) is 16.3 Å². The summed E-state index contributed by atoms with van der Waals surface area (Å²) in [7, 11) is 0. The quantitative estimate of drug-likeness (QED) is 0.846. The highest BCUT2D eigenvalue weighted by Crippen LogP contribution is 2.48. The summed E-state index contributed by atoms with van der Waals surface area (Å²) in [6.45, 7) is 0.790. The van der Waals surface area contributed by atoms with Gasteiger partial charge in [0.25, 0.3) is 0 Å². The van der Waals surface area contributed by atoms with E-state index in [0.717, 1.165) is 6.54 Å². The molecule has 2 aromatic rings. The Balaban J connectivity index is 2.00. The Morgan fingerprint density at radius 3 is 2.88 bits per heavy atom. The van der Waals surface area contributed by atoms with Crippen molar-refractivity contribution in [3.05, 3.63) is 48.3 Å². The van der Waals surface area contributed by atoms with Crippen molar-refractivity contribution in [1.29, 1.82) is 0 Å². The molecule has 0 bridgehead atoms. The summed E-state index contributed by atoms with van der Waals surface area (Å²) in [6.07, 6.45) is 5.01. The lowest BCUT2D eigenvalue weighted by Crippen LogP contribution is -2.04. The number of nitrogens with two attached hydrogens (primary N) is 1. The second kappa shape index (κ2) is 3.76. The maximum Gasteiger partial charge on any atom is 0.0680 e. The molecule has 2 N–H and O–H groups in total. The molecule has 0 spiro atoms. The molecular weight excluding hydrogens is 198 g/mol. The van der Waals surface area contributed by atoms with Gasteiger partial charge in [0.1, 0.15) is 0 Å². The Kier molecular flexibility index (Phi) is 2.26. The Bertz CT molecular complexity index is 476. The number of rotatable bonds is 3. The minimum Gasteiger partial charge on any atom is -0.330 e. The molecule has 0 saturated heterocycles. The van der Waals surface area contributed by atoms with E-state index in [9.17, 15) is 0 Å². The van der Waals surface area contributed by atoms with Gasteiger partial charge in [0.15, 0.2) is 0 Å². The van der Waals surface area contributed by atoms with Gasteiger partial charge >= 0.3 is 0 Å². The number of aromatic nitrogens is 2. The molecule has 3 rings (SSSR count). The lowest BCUT2D eigenvalue weighted by molar-refractivity contribution is 0.795. The van der Waals surface area contributed by atoms with Crippen molar-refractivity contribution in [3.63, 3.8) is 0 Å². The summed E-state index contributed by atoms with van der Waals surface area (Å²) in [5, 5.41) is 4.29. The highest BCUT2D eigenvalue weighted by molar-refractivity contribution is 5.45. The predicted molar refractivity (Wildman–Crippen MR) is 63.5 cm³/mol. The zero-order valence-electron chi connectivity index (χ0n) is 9.08. The molecule has 16 heavy (non-hydrogen) atoms.